The highest BCUT2D eigenvalue weighted by molar-refractivity contribution is 5.71. The molecule has 1 aliphatic carbocycles. The molecule has 0 saturated carbocycles. The van der Waals surface area contributed by atoms with Gasteiger partial charge in [0.25, 0.3) is 0 Å². The lowest BCUT2D eigenvalue weighted by atomic mass is 9.85. The Balaban J connectivity index is 1.71. The summed E-state index contributed by atoms with van der Waals surface area (Å²) in [5.74, 6) is 1.41. The molecule has 0 aliphatic heterocycles. The highest BCUT2D eigenvalue weighted by Gasteiger charge is 2.20. The zero-order valence-corrected chi connectivity index (χ0v) is 12.2. The number of aryl methyl sites for hydroxylation is 1. The van der Waals surface area contributed by atoms with Crippen LogP contribution in [-0.4, -0.2) is 19.2 Å². The molecule has 1 aliphatic rings. The molecule has 0 bridgehead atoms. The summed E-state index contributed by atoms with van der Waals surface area (Å²) in [5, 5.41) is 0. The lowest BCUT2D eigenvalue weighted by molar-refractivity contribution is -0.147. The molecule has 2 rings (SSSR count). The number of allylic oxidation sites excluding steroid dienone is 2. The zero-order chi connectivity index (χ0) is 14.4. The number of carbonyl (C=O) groups is 1. The fraction of sp³-hybridized carbons (Fsp3) is 0.471. The van der Waals surface area contributed by atoms with Gasteiger partial charge in [0, 0.05) is 0 Å². The van der Waals surface area contributed by atoms with Crippen LogP contribution in [0.15, 0.2) is 36.4 Å². The van der Waals surface area contributed by atoms with Crippen LogP contribution in [-0.2, 0) is 9.53 Å². The first kappa shape index (κ1) is 14.6. The summed E-state index contributed by atoms with van der Waals surface area (Å²) in [7, 11) is 0. The average Bonchev–Trinajstić information content (AvgIpc) is 2.44. The highest BCUT2D eigenvalue weighted by Crippen LogP contribution is 2.25. The molecule has 2 atom stereocenters. The van der Waals surface area contributed by atoms with Crippen LogP contribution in [0.1, 0.15) is 25.3 Å². The number of rotatable bonds is 5. The molecular weight excluding hydrogens is 252 g/mol. The summed E-state index contributed by atoms with van der Waals surface area (Å²) in [6.07, 6.45) is 6.43. The molecule has 0 amide bonds. The van der Waals surface area contributed by atoms with Gasteiger partial charge >= 0.3 is 5.97 Å². The van der Waals surface area contributed by atoms with Crippen LogP contribution in [0, 0.1) is 18.8 Å². The molecule has 2 unspecified atom stereocenters. The van der Waals surface area contributed by atoms with E-state index < -0.39 is 0 Å². The Morgan fingerprint density at radius 2 is 2.10 bits per heavy atom. The number of esters is 1. The molecule has 3 heteroatoms. The van der Waals surface area contributed by atoms with Crippen molar-refractivity contribution < 1.29 is 14.3 Å². The van der Waals surface area contributed by atoms with Gasteiger partial charge in [-0.15, -0.1) is 0 Å². The smallest absolute Gasteiger partial charge is 0.344 e. The van der Waals surface area contributed by atoms with E-state index in [-0.39, 0.29) is 12.6 Å². The Morgan fingerprint density at radius 3 is 2.85 bits per heavy atom. The molecule has 0 heterocycles. The van der Waals surface area contributed by atoms with Gasteiger partial charge in [-0.05, 0) is 49.3 Å². The standard InChI is InChI=1S/C17H22O3/c1-13-6-5-9-16(10-13)19-12-17(18)20-11-15-8-4-3-7-14(15)2/h3-6,9-10,14-15H,7-8,11-12H2,1-2H3. The highest BCUT2D eigenvalue weighted by atomic mass is 16.6. The Morgan fingerprint density at radius 1 is 1.30 bits per heavy atom. The fourth-order valence-corrected chi connectivity index (χ4v) is 2.33. The third kappa shape index (κ3) is 4.41. The maximum atomic E-state index is 11.7. The van der Waals surface area contributed by atoms with Crippen molar-refractivity contribution in [1.29, 1.82) is 0 Å². The van der Waals surface area contributed by atoms with Crippen molar-refractivity contribution in [3.05, 3.63) is 42.0 Å². The first-order valence-electron chi connectivity index (χ1n) is 7.15. The van der Waals surface area contributed by atoms with Crippen molar-refractivity contribution >= 4 is 5.97 Å². The lowest BCUT2D eigenvalue weighted by Crippen LogP contribution is -2.24. The van der Waals surface area contributed by atoms with Gasteiger partial charge in [0.1, 0.15) is 5.75 Å². The van der Waals surface area contributed by atoms with Gasteiger partial charge in [0.2, 0.25) is 0 Å². The van der Waals surface area contributed by atoms with Gasteiger partial charge in [-0.3, -0.25) is 0 Å². The van der Waals surface area contributed by atoms with Crippen LogP contribution in [0.25, 0.3) is 0 Å². The van der Waals surface area contributed by atoms with Crippen LogP contribution in [0.3, 0.4) is 0 Å². The van der Waals surface area contributed by atoms with E-state index in [0.717, 1.165) is 18.4 Å². The first-order chi connectivity index (χ1) is 9.65. The van der Waals surface area contributed by atoms with E-state index in [4.69, 9.17) is 9.47 Å². The zero-order valence-electron chi connectivity index (χ0n) is 12.2. The summed E-state index contributed by atoms with van der Waals surface area (Å²) >= 11 is 0. The molecule has 108 valence electrons. The number of ether oxygens (including phenoxy) is 2. The molecule has 1 aromatic carbocycles. The van der Waals surface area contributed by atoms with Gasteiger partial charge in [-0.1, -0.05) is 31.2 Å². The van der Waals surface area contributed by atoms with Gasteiger partial charge in [0.05, 0.1) is 6.61 Å². The summed E-state index contributed by atoms with van der Waals surface area (Å²) in [5.41, 5.74) is 1.11. The maximum Gasteiger partial charge on any atom is 0.344 e. The topological polar surface area (TPSA) is 35.5 Å². The molecule has 0 aromatic heterocycles. The molecule has 0 fully saturated rings. The van der Waals surface area contributed by atoms with Crippen molar-refractivity contribution in [2.24, 2.45) is 11.8 Å². The number of hydrogen-bond donors (Lipinski definition) is 0. The van der Waals surface area contributed by atoms with Gasteiger partial charge in [0.15, 0.2) is 6.61 Å². The van der Waals surface area contributed by atoms with E-state index in [2.05, 4.69) is 19.1 Å². The normalized spacial score (nSPS) is 21.5. The van der Waals surface area contributed by atoms with E-state index in [1.54, 1.807) is 0 Å². The predicted molar refractivity (Wildman–Crippen MR) is 78.7 cm³/mol. The molecule has 0 saturated heterocycles. The van der Waals surface area contributed by atoms with Crippen molar-refractivity contribution in [1.82, 2.24) is 0 Å². The van der Waals surface area contributed by atoms with Gasteiger partial charge < -0.3 is 9.47 Å². The summed E-state index contributed by atoms with van der Waals surface area (Å²) in [6.45, 7) is 4.65. The van der Waals surface area contributed by atoms with Crippen LogP contribution >= 0.6 is 0 Å². The molecular formula is C17H22O3. The second-order valence-electron chi connectivity index (χ2n) is 5.47. The largest absolute Gasteiger partial charge is 0.482 e. The van der Waals surface area contributed by atoms with Gasteiger partial charge in [-0.2, -0.15) is 0 Å². The maximum absolute atomic E-state index is 11.7. The Hall–Kier alpha value is -1.77. The lowest BCUT2D eigenvalue weighted by Gasteiger charge is -2.24. The molecule has 0 N–H and O–H groups in total. The summed E-state index contributed by atoms with van der Waals surface area (Å²) in [6, 6.07) is 7.64. The summed E-state index contributed by atoms with van der Waals surface area (Å²) in [4.78, 5) is 11.7. The molecule has 1 aromatic rings. The SMILES string of the molecule is Cc1cccc(OCC(=O)OCC2CC=CCC2C)c1. The van der Waals surface area contributed by atoms with E-state index in [0.29, 0.717) is 24.2 Å². The predicted octanol–water partition coefficient (Wildman–Crippen LogP) is 3.52. The number of carbonyl (C=O) groups excluding carboxylic acids is 1. The quantitative estimate of drug-likeness (QED) is 0.609. The number of benzene rings is 1. The molecule has 3 nitrogen and oxygen atoms in total. The van der Waals surface area contributed by atoms with Crippen LogP contribution in [0.2, 0.25) is 0 Å². The fourth-order valence-electron chi connectivity index (χ4n) is 2.33. The van der Waals surface area contributed by atoms with E-state index in [1.165, 1.54) is 0 Å². The monoisotopic (exact) mass is 274 g/mol. The first-order valence-corrected chi connectivity index (χ1v) is 7.15. The number of hydrogen-bond acceptors (Lipinski definition) is 3. The molecule has 0 radical (unpaired) electrons. The minimum atomic E-state index is -0.298. The third-order valence-corrected chi connectivity index (χ3v) is 3.72. The van der Waals surface area contributed by atoms with Gasteiger partial charge in [-0.25, -0.2) is 4.79 Å². The van der Waals surface area contributed by atoms with Crippen molar-refractivity contribution in [3.63, 3.8) is 0 Å². The third-order valence-electron chi connectivity index (χ3n) is 3.72. The van der Waals surface area contributed by atoms with Crippen LogP contribution < -0.4 is 4.74 Å². The second-order valence-corrected chi connectivity index (χ2v) is 5.47. The average molecular weight is 274 g/mol. The van der Waals surface area contributed by atoms with Crippen molar-refractivity contribution in [2.45, 2.75) is 26.7 Å². The van der Waals surface area contributed by atoms with Crippen LogP contribution in [0.4, 0.5) is 0 Å². The minimum absolute atomic E-state index is 0.0274. The minimum Gasteiger partial charge on any atom is -0.482 e. The van der Waals surface area contributed by atoms with E-state index in [9.17, 15) is 4.79 Å². The molecule has 20 heavy (non-hydrogen) atoms. The van der Waals surface area contributed by atoms with E-state index >= 15 is 0 Å². The Labute approximate surface area is 120 Å². The summed E-state index contributed by atoms with van der Waals surface area (Å²) < 4.78 is 10.7. The second kappa shape index (κ2) is 7.13. The van der Waals surface area contributed by atoms with Crippen molar-refractivity contribution in [3.8, 4) is 5.75 Å². The van der Waals surface area contributed by atoms with Crippen LogP contribution in [0.5, 0.6) is 5.75 Å². The molecule has 0 spiro atoms. The Kier molecular flexibility index (Phi) is 5.22. The van der Waals surface area contributed by atoms with E-state index in [1.807, 2.05) is 31.2 Å². The Bertz CT molecular complexity index is 479. The van der Waals surface area contributed by atoms with Crippen molar-refractivity contribution in [2.75, 3.05) is 13.2 Å².